The molecule has 0 saturated heterocycles. The number of alkyl halides is 3. The lowest BCUT2D eigenvalue weighted by molar-refractivity contribution is -0.125. The Morgan fingerprint density at radius 2 is 2.00 bits per heavy atom. The van der Waals surface area contributed by atoms with E-state index in [1.54, 1.807) is 0 Å². The van der Waals surface area contributed by atoms with Crippen LogP contribution in [0.3, 0.4) is 0 Å². The van der Waals surface area contributed by atoms with E-state index in [9.17, 15) is 18.0 Å². The molecule has 0 aliphatic rings. The van der Waals surface area contributed by atoms with Gasteiger partial charge in [-0.1, -0.05) is 0 Å². The molecule has 0 bridgehead atoms. The van der Waals surface area contributed by atoms with E-state index in [2.05, 4.69) is 15.9 Å². The number of hydrogen-bond acceptors (Lipinski definition) is 3. The molecule has 1 aromatic carbocycles. The van der Waals surface area contributed by atoms with E-state index in [1.165, 1.54) is 25.3 Å². The van der Waals surface area contributed by atoms with Crippen LogP contribution in [-0.2, 0) is 4.74 Å². The molecule has 0 amide bonds. The molecule has 19 heavy (non-hydrogen) atoms. The number of ketones is 1. The first-order valence-electron chi connectivity index (χ1n) is 5.34. The molecule has 0 aliphatic heterocycles. The van der Waals surface area contributed by atoms with Crippen molar-refractivity contribution < 1.29 is 27.4 Å². The maximum absolute atomic E-state index is 12.1. The van der Waals surface area contributed by atoms with Gasteiger partial charge in [-0.25, -0.2) is 0 Å². The summed E-state index contributed by atoms with van der Waals surface area (Å²) in [5, 5.41) is 0. The fourth-order valence-electron chi connectivity index (χ4n) is 1.31. The van der Waals surface area contributed by atoms with Gasteiger partial charge < -0.3 is 9.47 Å². The Kier molecular flexibility index (Phi) is 5.81. The molecule has 7 heteroatoms. The summed E-state index contributed by atoms with van der Waals surface area (Å²) in [6, 6.07) is 4.07. The van der Waals surface area contributed by atoms with Crippen molar-refractivity contribution in [1.29, 1.82) is 0 Å². The lowest BCUT2D eigenvalue weighted by Crippen LogP contribution is -2.15. The predicted octanol–water partition coefficient (Wildman–Crippen LogP) is 3.61. The van der Waals surface area contributed by atoms with Crippen LogP contribution in [0.15, 0.2) is 22.7 Å². The molecular formula is C12H12BrF3O3. The Morgan fingerprint density at radius 1 is 1.32 bits per heavy atom. The van der Waals surface area contributed by atoms with Crippen molar-refractivity contribution in [3.05, 3.63) is 28.2 Å². The van der Waals surface area contributed by atoms with E-state index in [4.69, 9.17) is 9.47 Å². The van der Waals surface area contributed by atoms with Crippen molar-refractivity contribution in [1.82, 2.24) is 0 Å². The number of halogens is 4. The highest BCUT2D eigenvalue weighted by Gasteiger charge is 2.31. The van der Waals surface area contributed by atoms with Crippen LogP contribution in [0.25, 0.3) is 0 Å². The van der Waals surface area contributed by atoms with Crippen LogP contribution in [0.2, 0.25) is 0 Å². The zero-order valence-electron chi connectivity index (χ0n) is 10.1. The van der Waals surface area contributed by atoms with Crippen molar-refractivity contribution in [3.63, 3.8) is 0 Å². The number of carbonyl (C=O) groups is 1. The van der Waals surface area contributed by atoms with E-state index in [0.717, 1.165) is 0 Å². The Hall–Kier alpha value is -1.08. The van der Waals surface area contributed by atoms with Crippen molar-refractivity contribution in [2.75, 3.05) is 20.3 Å². The molecule has 0 aromatic heterocycles. The Balaban J connectivity index is 2.73. The maximum Gasteiger partial charge on any atom is 0.396 e. The van der Waals surface area contributed by atoms with Gasteiger partial charge in [0.25, 0.3) is 0 Å². The van der Waals surface area contributed by atoms with Gasteiger partial charge in [0.2, 0.25) is 0 Å². The second kappa shape index (κ2) is 6.91. The average molecular weight is 341 g/mol. The van der Waals surface area contributed by atoms with Crippen LogP contribution in [-0.4, -0.2) is 32.3 Å². The van der Waals surface area contributed by atoms with E-state index < -0.39 is 18.4 Å². The molecular weight excluding hydrogens is 329 g/mol. The van der Waals surface area contributed by atoms with E-state index in [1.807, 2.05) is 0 Å². The van der Waals surface area contributed by atoms with Crippen molar-refractivity contribution in [2.45, 2.75) is 12.6 Å². The van der Waals surface area contributed by atoms with Gasteiger partial charge in [0.15, 0.2) is 5.78 Å². The van der Waals surface area contributed by atoms with Crippen molar-refractivity contribution in [2.24, 2.45) is 0 Å². The SMILES string of the molecule is COCCOc1ccc(C(=O)CC(F)(F)F)cc1Br. The largest absolute Gasteiger partial charge is 0.490 e. The molecule has 0 heterocycles. The van der Waals surface area contributed by atoms with Crippen LogP contribution in [0.4, 0.5) is 13.2 Å². The average Bonchev–Trinajstić information content (AvgIpc) is 2.29. The summed E-state index contributed by atoms with van der Waals surface area (Å²) in [6.07, 6.45) is -5.97. The minimum Gasteiger partial charge on any atom is -0.490 e. The highest BCUT2D eigenvalue weighted by atomic mass is 79.9. The van der Waals surface area contributed by atoms with Crippen LogP contribution >= 0.6 is 15.9 Å². The number of Topliss-reactive ketones (excluding diaryl/α,β-unsaturated/α-hetero) is 1. The van der Waals surface area contributed by atoms with Gasteiger partial charge >= 0.3 is 6.18 Å². The highest BCUT2D eigenvalue weighted by molar-refractivity contribution is 9.10. The summed E-state index contributed by atoms with van der Waals surface area (Å²) in [6.45, 7) is 0.701. The molecule has 0 fully saturated rings. The summed E-state index contributed by atoms with van der Waals surface area (Å²) >= 11 is 3.15. The summed E-state index contributed by atoms with van der Waals surface area (Å²) < 4.78 is 46.9. The molecule has 0 saturated carbocycles. The highest BCUT2D eigenvalue weighted by Crippen LogP contribution is 2.28. The number of ether oxygens (including phenoxy) is 2. The summed E-state index contributed by atoms with van der Waals surface area (Å²) in [7, 11) is 1.53. The van der Waals surface area contributed by atoms with Crippen LogP contribution in [0.5, 0.6) is 5.75 Å². The predicted molar refractivity (Wildman–Crippen MR) is 66.5 cm³/mol. The summed E-state index contributed by atoms with van der Waals surface area (Å²) in [4.78, 5) is 11.4. The van der Waals surface area contributed by atoms with Gasteiger partial charge in [-0.05, 0) is 34.1 Å². The topological polar surface area (TPSA) is 35.5 Å². The quantitative estimate of drug-likeness (QED) is 0.586. The fourth-order valence-corrected chi connectivity index (χ4v) is 1.80. The summed E-state index contributed by atoms with van der Waals surface area (Å²) in [5.74, 6) is -0.530. The molecule has 0 unspecified atom stereocenters. The first-order chi connectivity index (χ1) is 8.83. The molecule has 0 atom stereocenters. The Morgan fingerprint density at radius 3 is 2.53 bits per heavy atom. The van der Waals surface area contributed by atoms with Gasteiger partial charge in [0.1, 0.15) is 18.8 Å². The number of rotatable bonds is 6. The first kappa shape index (κ1) is 16.0. The zero-order valence-corrected chi connectivity index (χ0v) is 11.7. The maximum atomic E-state index is 12.1. The minimum atomic E-state index is -4.50. The third kappa shape index (κ3) is 5.61. The van der Waals surface area contributed by atoms with Gasteiger partial charge in [0, 0.05) is 12.7 Å². The Bertz CT molecular complexity index is 446. The number of carbonyl (C=O) groups excluding carboxylic acids is 1. The van der Waals surface area contributed by atoms with E-state index >= 15 is 0 Å². The van der Waals surface area contributed by atoms with Gasteiger partial charge in [-0.2, -0.15) is 13.2 Å². The molecule has 0 spiro atoms. The van der Waals surface area contributed by atoms with Gasteiger partial charge in [0.05, 0.1) is 11.1 Å². The lowest BCUT2D eigenvalue weighted by Gasteiger charge is -2.10. The molecule has 106 valence electrons. The number of hydrogen-bond donors (Lipinski definition) is 0. The molecule has 0 N–H and O–H groups in total. The smallest absolute Gasteiger partial charge is 0.396 e. The molecule has 1 aromatic rings. The standard InChI is InChI=1S/C12H12BrF3O3/c1-18-4-5-19-11-3-2-8(6-9(11)13)10(17)7-12(14,15)16/h2-3,6H,4-5,7H2,1H3. The van der Waals surface area contributed by atoms with E-state index in [0.29, 0.717) is 23.4 Å². The second-order valence-electron chi connectivity index (χ2n) is 3.70. The molecule has 0 radical (unpaired) electrons. The van der Waals surface area contributed by atoms with Crippen molar-refractivity contribution in [3.8, 4) is 5.75 Å². The third-order valence-electron chi connectivity index (χ3n) is 2.16. The first-order valence-corrected chi connectivity index (χ1v) is 6.14. The minimum absolute atomic E-state index is 0.0108. The summed E-state index contributed by atoms with van der Waals surface area (Å²) in [5.41, 5.74) is -0.0108. The normalized spacial score (nSPS) is 11.4. The lowest BCUT2D eigenvalue weighted by atomic mass is 10.1. The molecule has 3 nitrogen and oxygen atoms in total. The number of benzene rings is 1. The number of methoxy groups -OCH3 is 1. The van der Waals surface area contributed by atoms with Crippen LogP contribution in [0.1, 0.15) is 16.8 Å². The molecule has 1 rings (SSSR count). The zero-order chi connectivity index (χ0) is 14.5. The van der Waals surface area contributed by atoms with Crippen molar-refractivity contribution >= 4 is 21.7 Å². The monoisotopic (exact) mass is 340 g/mol. The second-order valence-corrected chi connectivity index (χ2v) is 4.56. The molecule has 0 aliphatic carbocycles. The Labute approximate surface area is 116 Å². The van der Waals surface area contributed by atoms with Crippen LogP contribution < -0.4 is 4.74 Å². The van der Waals surface area contributed by atoms with Gasteiger partial charge in [-0.15, -0.1) is 0 Å². The van der Waals surface area contributed by atoms with Crippen LogP contribution in [0, 0.1) is 0 Å². The third-order valence-corrected chi connectivity index (χ3v) is 2.78. The fraction of sp³-hybridized carbons (Fsp3) is 0.417. The van der Waals surface area contributed by atoms with Gasteiger partial charge in [-0.3, -0.25) is 4.79 Å². The van der Waals surface area contributed by atoms with E-state index in [-0.39, 0.29) is 5.56 Å².